The molecule has 1 aliphatic heterocycles. The molecule has 0 radical (unpaired) electrons. The van der Waals surface area contributed by atoms with E-state index in [0.29, 0.717) is 32.2 Å². The van der Waals surface area contributed by atoms with Crippen LogP contribution in [-0.4, -0.2) is 53.6 Å². The number of piperidine rings is 1. The number of ether oxygens (including phenoxy) is 2. The van der Waals surface area contributed by atoms with Gasteiger partial charge >= 0.3 is 6.09 Å². The lowest BCUT2D eigenvalue weighted by atomic mass is 9.78. The standard InChI is InChI=1S/C19H37NO4.CH4/c1-17(2,3)23-13-19(7,14-24-18(4,5)6)12-15-8-10-20(11-9-15)16(21)22;/h15H,8-14H2,1-7H3,(H,21,22);1H4/i/hD. The quantitative estimate of drug-likeness (QED) is 0.721. The average Bonchev–Trinajstić information content (AvgIpc) is 2.50. The highest BCUT2D eigenvalue weighted by Gasteiger charge is 2.34. The van der Waals surface area contributed by atoms with Crippen molar-refractivity contribution in [3.63, 3.8) is 0 Å². The molecule has 1 fully saturated rings. The molecule has 1 heterocycles. The van der Waals surface area contributed by atoms with Crippen molar-refractivity contribution < 1.29 is 19.4 Å². The van der Waals surface area contributed by atoms with Crippen LogP contribution in [0, 0.1) is 11.3 Å². The van der Waals surface area contributed by atoms with E-state index in [1.807, 2.05) is 0 Å². The highest BCUT2D eigenvalue weighted by Crippen LogP contribution is 2.34. The van der Waals surface area contributed by atoms with Gasteiger partial charge in [-0.1, -0.05) is 14.4 Å². The van der Waals surface area contributed by atoms with Crippen LogP contribution in [0.15, 0.2) is 0 Å². The van der Waals surface area contributed by atoms with Crippen LogP contribution < -0.4 is 0 Å². The van der Waals surface area contributed by atoms with Crippen LogP contribution in [0.3, 0.4) is 0 Å². The summed E-state index contributed by atoms with van der Waals surface area (Å²) in [6, 6.07) is 0. The van der Waals surface area contributed by atoms with Gasteiger partial charge in [-0.25, -0.2) is 4.79 Å². The number of hydrogen-bond acceptors (Lipinski definition) is 4. The van der Waals surface area contributed by atoms with Crippen molar-refractivity contribution in [1.82, 2.24) is 4.90 Å². The average molecular weight is 361 g/mol. The van der Waals surface area contributed by atoms with Gasteiger partial charge in [0.25, 0.3) is 1.43 Å². The molecular weight excluding hydrogens is 318 g/mol. The minimum absolute atomic E-state index is 0. The van der Waals surface area contributed by atoms with Crippen LogP contribution in [0.2, 0.25) is 0 Å². The first kappa shape index (κ1) is 22.2. The Kier molecular flexibility index (Phi) is 8.20. The Labute approximate surface area is 156 Å². The topological polar surface area (TPSA) is 59.0 Å². The normalized spacial score (nSPS) is 17.7. The number of rotatable bonds is 6. The minimum Gasteiger partial charge on any atom is -0.465 e. The van der Waals surface area contributed by atoms with Gasteiger partial charge in [-0.3, -0.25) is 0 Å². The summed E-state index contributed by atoms with van der Waals surface area (Å²) in [5.74, 6) is 0.520. The Hall–Kier alpha value is -0.810. The number of carboxylic acid groups (broad SMARTS) is 1. The summed E-state index contributed by atoms with van der Waals surface area (Å²) in [5.41, 5.74) is -0.419. The molecule has 5 heteroatoms. The Balaban J connectivity index is 0.00000625. The third kappa shape index (κ3) is 10.0. The number of nitrogens with zero attached hydrogens (tertiary/aromatic N) is 1. The van der Waals surface area contributed by atoms with E-state index in [1.165, 1.54) is 0 Å². The molecule has 0 saturated carbocycles. The van der Waals surface area contributed by atoms with Gasteiger partial charge in [-0.2, -0.15) is 0 Å². The molecule has 0 aromatic carbocycles. The molecule has 5 nitrogen and oxygen atoms in total. The highest BCUT2D eigenvalue weighted by atomic mass is 16.5. The predicted octanol–water partition coefficient (Wildman–Crippen LogP) is 5.04. The highest BCUT2D eigenvalue weighted by molar-refractivity contribution is 5.64. The summed E-state index contributed by atoms with van der Waals surface area (Å²) < 4.78 is 18.9. The summed E-state index contributed by atoms with van der Waals surface area (Å²) in [7, 11) is 0. The zero-order valence-electron chi connectivity index (χ0n) is 17.6. The smallest absolute Gasteiger partial charge is 0.407 e. The summed E-state index contributed by atoms with van der Waals surface area (Å²) in [6.07, 6.45) is 2.31. The van der Waals surface area contributed by atoms with Gasteiger partial charge in [0.15, 0.2) is 0 Å². The summed E-state index contributed by atoms with van der Waals surface area (Å²) in [5, 5.41) is 4.07. The van der Waals surface area contributed by atoms with E-state index in [9.17, 15) is 4.79 Å². The second kappa shape index (κ2) is 9.22. The van der Waals surface area contributed by atoms with Crippen molar-refractivity contribution in [3.8, 4) is 0 Å². The van der Waals surface area contributed by atoms with Crippen molar-refractivity contribution in [2.45, 2.75) is 86.4 Å². The second-order valence-corrected chi connectivity index (χ2v) is 9.51. The number of amides is 1. The van der Waals surface area contributed by atoms with Crippen LogP contribution in [0.25, 0.3) is 1.43 Å². The molecule has 0 unspecified atom stereocenters. The Bertz CT molecular complexity index is 403. The molecule has 150 valence electrons. The number of likely N-dealkylation sites (tertiary alicyclic amines) is 1. The number of hydrogen-bond donors (Lipinski definition) is 1. The summed E-state index contributed by atoms with van der Waals surface area (Å²) in [4.78, 5) is 13.1. The molecule has 1 amide bonds. The monoisotopic (exact) mass is 360 g/mol. The zero-order valence-corrected chi connectivity index (χ0v) is 16.6. The Morgan fingerprint density at radius 2 is 1.48 bits per heavy atom. The molecule has 0 bridgehead atoms. The maximum absolute atomic E-state index is 11.5. The fraction of sp³-hybridized carbons (Fsp3) is 0.950. The molecule has 0 aromatic heterocycles. The first-order chi connectivity index (χ1) is 11.3. The first-order valence-electron chi connectivity index (χ1n) is 9.44. The predicted molar refractivity (Wildman–Crippen MR) is 103 cm³/mol. The molecule has 25 heavy (non-hydrogen) atoms. The molecule has 0 atom stereocenters. The van der Waals surface area contributed by atoms with Gasteiger partial charge in [0.1, 0.15) is 0 Å². The van der Waals surface area contributed by atoms with Gasteiger partial charge in [-0.05, 0) is 66.7 Å². The maximum Gasteiger partial charge on any atom is 0.407 e. The second-order valence-electron chi connectivity index (χ2n) is 9.51. The Morgan fingerprint density at radius 3 is 1.84 bits per heavy atom. The van der Waals surface area contributed by atoms with Crippen LogP contribution in [0.5, 0.6) is 0 Å². The van der Waals surface area contributed by atoms with Gasteiger partial charge in [0.05, 0.1) is 24.4 Å². The lowest BCUT2D eigenvalue weighted by Gasteiger charge is -2.39. The maximum atomic E-state index is 11.5. The molecule has 0 aromatic rings. The number of carbonyl (C=O) groups is 1. The van der Waals surface area contributed by atoms with E-state index in [0.717, 1.165) is 19.3 Å². The fourth-order valence-corrected chi connectivity index (χ4v) is 2.96. The molecule has 0 spiro atoms. The lowest BCUT2D eigenvalue weighted by Crippen LogP contribution is -2.41. The van der Waals surface area contributed by atoms with E-state index in [4.69, 9.17) is 10.9 Å². The molecule has 1 aliphatic rings. The van der Waals surface area contributed by atoms with E-state index in [2.05, 4.69) is 53.6 Å². The molecule has 1 saturated heterocycles. The fourth-order valence-electron chi connectivity index (χ4n) is 2.96. The van der Waals surface area contributed by atoms with Crippen molar-refractivity contribution >= 4 is 6.09 Å². The van der Waals surface area contributed by atoms with E-state index in [-0.39, 0.29) is 24.0 Å². The van der Waals surface area contributed by atoms with E-state index < -0.39 is 6.09 Å². The van der Waals surface area contributed by atoms with Crippen LogP contribution in [0.1, 0.15) is 75.2 Å². The van der Waals surface area contributed by atoms with Crippen molar-refractivity contribution in [2.75, 3.05) is 26.3 Å². The van der Waals surface area contributed by atoms with Crippen LogP contribution in [0.4, 0.5) is 4.79 Å². The van der Waals surface area contributed by atoms with Gasteiger partial charge in [0, 0.05) is 18.5 Å². The summed E-state index contributed by atoms with van der Waals surface area (Å²) >= 11 is 0. The van der Waals surface area contributed by atoms with E-state index in [1.54, 1.807) is 4.90 Å². The largest absolute Gasteiger partial charge is 0.465 e. The van der Waals surface area contributed by atoms with E-state index >= 15 is 0 Å². The van der Waals surface area contributed by atoms with Crippen molar-refractivity contribution in [2.24, 2.45) is 11.3 Å². The molecule has 1 rings (SSSR count). The first-order valence-corrected chi connectivity index (χ1v) is 9.04. The molecular formula is C20H41NO4. The molecule has 0 aliphatic carbocycles. The zero-order chi connectivity index (χ0) is 19.3. The lowest BCUT2D eigenvalue weighted by molar-refractivity contribution is -0.109. The van der Waals surface area contributed by atoms with Crippen molar-refractivity contribution in [3.05, 3.63) is 0 Å². The van der Waals surface area contributed by atoms with Crippen LogP contribution in [-0.2, 0) is 9.47 Å². The van der Waals surface area contributed by atoms with Gasteiger partial charge < -0.3 is 19.5 Å². The van der Waals surface area contributed by atoms with Crippen molar-refractivity contribution in [1.29, 1.82) is 1.43 Å². The van der Waals surface area contributed by atoms with Gasteiger partial charge in [-0.15, -0.1) is 0 Å². The third-order valence-electron chi connectivity index (χ3n) is 4.36. The minimum atomic E-state index is -0.548. The van der Waals surface area contributed by atoms with Crippen LogP contribution >= 0.6 is 0 Å². The Morgan fingerprint density at radius 1 is 1.04 bits per heavy atom. The SMILES string of the molecule is C.[2H]OC(=O)N1CCC(CC(C)(COC(C)(C)C)COC(C)(C)C)CC1. The van der Waals surface area contributed by atoms with Gasteiger partial charge in [0.2, 0.25) is 0 Å². The summed E-state index contributed by atoms with van der Waals surface area (Å²) in [6.45, 7) is 17.3. The molecule has 1 N–H and O–H groups in total. The third-order valence-corrected chi connectivity index (χ3v) is 4.36.